The van der Waals surface area contributed by atoms with Gasteiger partial charge in [0.15, 0.2) is 0 Å². The standard InChI is InChI=1S/C25H26N2O6S/c1-31-21-6-8-24(9-7-21)34(29,30)27-11-10-17-4-5-20(12-19(17)16-27)26-25(28)18-13-22(32-2)15-23(14-18)33-3/h4-9,12-15H,10-11,16H2,1-3H3,(H,26,28). The maximum Gasteiger partial charge on any atom is 0.255 e. The third-order valence-corrected chi connectivity index (χ3v) is 7.61. The van der Waals surface area contributed by atoms with E-state index in [1.54, 1.807) is 42.5 Å². The Morgan fingerprint density at radius 2 is 1.47 bits per heavy atom. The number of sulfonamides is 1. The first-order valence-corrected chi connectivity index (χ1v) is 12.1. The fraction of sp³-hybridized carbons (Fsp3) is 0.240. The molecule has 9 heteroatoms. The highest BCUT2D eigenvalue weighted by atomic mass is 32.2. The number of hydrogen-bond acceptors (Lipinski definition) is 6. The van der Waals surface area contributed by atoms with Crippen molar-refractivity contribution in [1.82, 2.24) is 4.31 Å². The monoisotopic (exact) mass is 482 g/mol. The van der Waals surface area contributed by atoms with Crippen LogP contribution in [0.5, 0.6) is 17.2 Å². The Morgan fingerprint density at radius 1 is 0.824 bits per heavy atom. The topological polar surface area (TPSA) is 94.2 Å². The maximum absolute atomic E-state index is 13.2. The second kappa shape index (κ2) is 9.74. The summed E-state index contributed by atoms with van der Waals surface area (Å²) in [7, 11) is 0.912. The van der Waals surface area contributed by atoms with E-state index in [1.807, 2.05) is 18.2 Å². The van der Waals surface area contributed by atoms with Gasteiger partial charge in [0.2, 0.25) is 10.0 Å². The molecule has 1 heterocycles. The van der Waals surface area contributed by atoms with Crippen molar-refractivity contribution in [3.8, 4) is 17.2 Å². The minimum Gasteiger partial charge on any atom is -0.497 e. The molecule has 0 saturated carbocycles. The zero-order chi connectivity index (χ0) is 24.3. The molecule has 0 fully saturated rings. The van der Waals surface area contributed by atoms with Gasteiger partial charge in [0.25, 0.3) is 5.91 Å². The summed E-state index contributed by atoms with van der Waals surface area (Å²) in [5.41, 5.74) is 2.87. The number of fused-ring (bicyclic) bond motifs is 1. The van der Waals surface area contributed by atoms with Crippen LogP contribution in [0.4, 0.5) is 5.69 Å². The van der Waals surface area contributed by atoms with E-state index in [2.05, 4.69) is 5.32 Å². The second-order valence-electron chi connectivity index (χ2n) is 7.80. The number of nitrogens with zero attached hydrogens (tertiary/aromatic N) is 1. The van der Waals surface area contributed by atoms with Gasteiger partial charge in [-0.05, 0) is 66.1 Å². The van der Waals surface area contributed by atoms with Crippen LogP contribution in [0.3, 0.4) is 0 Å². The molecule has 0 spiro atoms. The highest BCUT2D eigenvalue weighted by Crippen LogP contribution is 2.29. The molecule has 1 amide bonds. The number of benzene rings is 3. The van der Waals surface area contributed by atoms with Gasteiger partial charge in [0.1, 0.15) is 17.2 Å². The molecular weight excluding hydrogens is 456 g/mol. The summed E-state index contributed by atoms with van der Waals surface area (Å²) in [5.74, 6) is 1.29. The first-order chi connectivity index (χ1) is 16.3. The number of nitrogens with one attached hydrogen (secondary N) is 1. The van der Waals surface area contributed by atoms with Crippen LogP contribution in [0, 0.1) is 0 Å². The summed E-state index contributed by atoms with van der Waals surface area (Å²) in [6.45, 7) is 0.608. The van der Waals surface area contributed by atoms with Crippen molar-refractivity contribution in [2.24, 2.45) is 0 Å². The SMILES string of the molecule is COc1ccc(S(=O)(=O)N2CCc3ccc(NC(=O)c4cc(OC)cc(OC)c4)cc3C2)cc1. The van der Waals surface area contributed by atoms with Gasteiger partial charge in [-0.1, -0.05) is 6.07 Å². The molecule has 0 bridgehead atoms. The molecule has 0 radical (unpaired) electrons. The van der Waals surface area contributed by atoms with E-state index in [-0.39, 0.29) is 17.3 Å². The van der Waals surface area contributed by atoms with Gasteiger partial charge in [0, 0.05) is 30.4 Å². The lowest BCUT2D eigenvalue weighted by Crippen LogP contribution is -2.36. The zero-order valence-electron chi connectivity index (χ0n) is 19.2. The smallest absolute Gasteiger partial charge is 0.255 e. The summed E-state index contributed by atoms with van der Waals surface area (Å²) in [6.07, 6.45) is 0.589. The number of carbonyl (C=O) groups is 1. The lowest BCUT2D eigenvalue weighted by atomic mass is 10.0. The van der Waals surface area contributed by atoms with Crippen molar-refractivity contribution in [2.75, 3.05) is 33.2 Å². The van der Waals surface area contributed by atoms with Gasteiger partial charge >= 0.3 is 0 Å². The van der Waals surface area contributed by atoms with Crippen molar-refractivity contribution in [3.05, 3.63) is 77.4 Å². The van der Waals surface area contributed by atoms with Gasteiger partial charge in [0.05, 0.1) is 26.2 Å². The molecule has 3 aromatic carbocycles. The number of methoxy groups -OCH3 is 3. The van der Waals surface area contributed by atoms with Crippen molar-refractivity contribution in [2.45, 2.75) is 17.9 Å². The van der Waals surface area contributed by atoms with E-state index < -0.39 is 10.0 Å². The van der Waals surface area contributed by atoms with Crippen LogP contribution in [-0.2, 0) is 23.0 Å². The minimum absolute atomic E-state index is 0.216. The van der Waals surface area contributed by atoms with Gasteiger partial charge in [-0.2, -0.15) is 4.31 Å². The number of hydrogen-bond donors (Lipinski definition) is 1. The number of ether oxygens (including phenoxy) is 3. The quantitative estimate of drug-likeness (QED) is 0.552. The molecule has 1 N–H and O–H groups in total. The van der Waals surface area contributed by atoms with Gasteiger partial charge in [-0.3, -0.25) is 4.79 Å². The summed E-state index contributed by atoms with van der Waals surface area (Å²) in [5, 5.41) is 2.88. The first kappa shape index (κ1) is 23.6. The van der Waals surface area contributed by atoms with Crippen molar-refractivity contribution >= 4 is 21.6 Å². The van der Waals surface area contributed by atoms with Gasteiger partial charge in [-0.25, -0.2) is 8.42 Å². The fourth-order valence-electron chi connectivity index (χ4n) is 3.85. The molecule has 4 rings (SSSR count). The molecule has 8 nitrogen and oxygen atoms in total. The predicted octanol–water partition coefficient (Wildman–Crippen LogP) is 3.71. The molecule has 178 valence electrons. The Bertz CT molecular complexity index is 1280. The summed E-state index contributed by atoms with van der Waals surface area (Å²) in [4.78, 5) is 13.1. The largest absolute Gasteiger partial charge is 0.497 e. The molecule has 1 aliphatic rings. The van der Waals surface area contributed by atoms with Crippen LogP contribution < -0.4 is 19.5 Å². The molecule has 0 aromatic heterocycles. The Kier molecular flexibility index (Phi) is 6.76. The Balaban J connectivity index is 1.53. The highest BCUT2D eigenvalue weighted by molar-refractivity contribution is 7.89. The van der Waals surface area contributed by atoms with Crippen LogP contribution >= 0.6 is 0 Å². The van der Waals surface area contributed by atoms with E-state index in [0.29, 0.717) is 41.5 Å². The third kappa shape index (κ3) is 4.85. The molecule has 0 unspecified atom stereocenters. The van der Waals surface area contributed by atoms with Crippen molar-refractivity contribution in [3.63, 3.8) is 0 Å². The summed E-state index contributed by atoms with van der Waals surface area (Å²) in [6, 6.07) is 16.9. The number of carbonyl (C=O) groups excluding carboxylic acids is 1. The molecule has 0 saturated heterocycles. The maximum atomic E-state index is 13.2. The summed E-state index contributed by atoms with van der Waals surface area (Å²) >= 11 is 0. The van der Waals surface area contributed by atoms with E-state index in [0.717, 1.165) is 11.1 Å². The number of rotatable bonds is 7. The van der Waals surface area contributed by atoms with Crippen LogP contribution in [0.1, 0.15) is 21.5 Å². The minimum atomic E-state index is -3.66. The average Bonchev–Trinajstić information content (AvgIpc) is 2.87. The molecule has 3 aromatic rings. The van der Waals surface area contributed by atoms with Crippen molar-refractivity contribution < 1.29 is 27.4 Å². The van der Waals surface area contributed by atoms with Crippen LogP contribution in [0.25, 0.3) is 0 Å². The fourth-order valence-corrected chi connectivity index (χ4v) is 5.27. The Hall–Kier alpha value is -3.56. The van der Waals surface area contributed by atoms with E-state index in [4.69, 9.17) is 14.2 Å². The van der Waals surface area contributed by atoms with E-state index >= 15 is 0 Å². The molecular formula is C25H26N2O6S. The average molecular weight is 483 g/mol. The Labute approximate surface area is 199 Å². The van der Waals surface area contributed by atoms with E-state index in [1.165, 1.54) is 25.6 Å². The Morgan fingerprint density at radius 3 is 2.09 bits per heavy atom. The van der Waals surface area contributed by atoms with Crippen LogP contribution in [-0.4, -0.2) is 46.5 Å². The normalized spacial score (nSPS) is 13.6. The van der Waals surface area contributed by atoms with Crippen LogP contribution in [0.2, 0.25) is 0 Å². The number of anilines is 1. The highest BCUT2D eigenvalue weighted by Gasteiger charge is 2.28. The molecule has 0 atom stereocenters. The first-order valence-electron chi connectivity index (χ1n) is 10.6. The lowest BCUT2D eigenvalue weighted by Gasteiger charge is -2.28. The molecule has 1 aliphatic heterocycles. The second-order valence-corrected chi connectivity index (χ2v) is 9.74. The number of amides is 1. The summed E-state index contributed by atoms with van der Waals surface area (Å²) < 4.78 is 43.4. The predicted molar refractivity (Wildman–Crippen MR) is 128 cm³/mol. The van der Waals surface area contributed by atoms with Crippen LogP contribution in [0.15, 0.2) is 65.6 Å². The van der Waals surface area contributed by atoms with Gasteiger partial charge in [-0.15, -0.1) is 0 Å². The van der Waals surface area contributed by atoms with E-state index in [9.17, 15) is 13.2 Å². The molecule has 34 heavy (non-hydrogen) atoms. The zero-order valence-corrected chi connectivity index (χ0v) is 20.0. The van der Waals surface area contributed by atoms with Gasteiger partial charge < -0.3 is 19.5 Å². The molecule has 0 aliphatic carbocycles. The van der Waals surface area contributed by atoms with Crippen molar-refractivity contribution in [1.29, 1.82) is 0 Å². The third-order valence-electron chi connectivity index (χ3n) is 5.75. The lowest BCUT2D eigenvalue weighted by molar-refractivity contribution is 0.102.